The first kappa shape index (κ1) is 34.8. The third-order valence-electron chi connectivity index (χ3n) is 0. The van der Waals surface area contributed by atoms with Gasteiger partial charge in [-0.3, -0.25) is 17.7 Å². The van der Waals surface area contributed by atoms with Crippen LogP contribution >= 0.6 is 0 Å². The lowest BCUT2D eigenvalue weighted by Gasteiger charge is -1.55. The molecule has 0 heterocycles. The van der Waals surface area contributed by atoms with Gasteiger partial charge in [0.2, 0.25) is 0 Å². The third kappa shape index (κ3) is 528. The van der Waals surface area contributed by atoms with Crippen LogP contribution in [0.5, 0.6) is 0 Å². The van der Waals surface area contributed by atoms with E-state index in [4.69, 9.17) is 0 Å². The van der Waals surface area contributed by atoms with Crippen molar-refractivity contribution in [2.45, 2.75) is 7.43 Å². The molecule has 0 aliphatic rings. The molecule has 0 atom stereocenters. The fourth-order valence-electron chi connectivity index (χ4n) is 0. The van der Waals surface area contributed by atoms with E-state index in [0.29, 0.717) is 0 Å². The fraction of sp³-hybridized carbons (Fsp3) is 0.200. The summed E-state index contributed by atoms with van der Waals surface area (Å²) >= 11 is 0. The Labute approximate surface area is 60.0 Å². The van der Waals surface area contributed by atoms with Crippen LogP contribution in [0.2, 0.25) is 0 Å². The summed E-state index contributed by atoms with van der Waals surface area (Å²) in [4.78, 5) is 0. The zero-order chi connectivity index (χ0) is 7.58. The van der Waals surface area contributed by atoms with Crippen molar-refractivity contribution >= 4 is 7.54 Å². The molecule has 0 fully saturated rings. The molecule has 0 aliphatic carbocycles. The number of hydrogen-bond acceptors (Lipinski definition) is 0. The Bertz CT molecular complexity index is 30.1. The van der Waals surface area contributed by atoms with Gasteiger partial charge in [0.1, 0.15) is 0 Å². The van der Waals surface area contributed by atoms with Gasteiger partial charge in [-0.2, -0.15) is 0 Å². The minimum Gasteiger partial charge on any atom is -0.269 e. The Morgan fingerprint density at radius 1 is 0.800 bits per heavy atom. The van der Waals surface area contributed by atoms with Gasteiger partial charge in [0.25, 0.3) is 0 Å². The monoisotopic (exact) mass is 160 g/mol. The maximum Gasteiger partial charge on any atom is 0.762 e. The quantitative estimate of drug-likeness (QED) is 0.289. The normalized spacial score (nSPS) is 3.50. The van der Waals surface area contributed by atoms with Gasteiger partial charge >= 0.3 is 7.54 Å². The molecule has 0 amide bonds. The van der Waals surface area contributed by atoms with E-state index in [0.717, 1.165) is 0 Å². The minimum absolute atomic E-state index is 0. The van der Waals surface area contributed by atoms with Crippen molar-refractivity contribution in [3.05, 3.63) is 26.3 Å². The first-order valence-electron chi connectivity index (χ1n) is 1.65. The van der Waals surface area contributed by atoms with Crippen molar-refractivity contribution in [3.8, 4) is 0 Å². The van der Waals surface area contributed by atoms with Crippen LogP contribution in [0.15, 0.2) is 26.3 Å². The molecule has 0 N–H and O–H groups in total. The van der Waals surface area contributed by atoms with Crippen molar-refractivity contribution in [2.75, 3.05) is 0 Å². The van der Waals surface area contributed by atoms with Crippen molar-refractivity contribution < 1.29 is 17.7 Å². The molecule has 0 radical (unpaired) electrons. The van der Waals surface area contributed by atoms with Gasteiger partial charge in [-0.1, -0.05) is 7.43 Å². The van der Waals surface area contributed by atoms with Crippen LogP contribution in [-0.4, -0.2) is 7.54 Å². The van der Waals surface area contributed by atoms with Crippen LogP contribution in [0.4, 0.5) is 17.7 Å². The lowest BCUT2D eigenvalue weighted by atomic mass is 10.5. The highest BCUT2D eigenvalue weighted by atomic mass is 19.4. The molecule has 0 nitrogen and oxygen atoms in total. The topological polar surface area (TPSA) is 0 Å². The van der Waals surface area contributed by atoms with E-state index in [1.165, 1.54) is 0 Å². The molecule has 0 aromatic rings. The predicted molar refractivity (Wildman–Crippen MR) is 40.8 cm³/mol. The first-order chi connectivity index (χ1) is 3.73. The van der Waals surface area contributed by atoms with Gasteiger partial charge in [0.15, 0.2) is 0 Å². The van der Waals surface area contributed by atoms with Gasteiger partial charge in [0, 0.05) is 0 Å². The van der Waals surface area contributed by atoms with Crippen LogP contribution in [0.3, 0.4) is 0 Å². The average Bonchev–Trinajstić information content (AvgIpc) is 1.75. The molecule has 0 spiro atoms. The molecule has 64 valence electrons. The molecule has 0 saturated heterocycles. The van der Waals surface area contributed by atoms with Crippen molar-refractivity contribution in [3.63, 3.8) is 0 Å². The molecule has 5 heteroatoms. The smallest absolute Gasteiger partial charge is 0.269 e. The lowest BCUT2D eigenvalue weighted by molar-refractivity contribution is 0.535. The molecule has 0 aromatic heterocycles. The molecule has 0 aromatic carbocycles. The fourth-order valence-corrected chi connectivity index (χ4v) is 0. The summed E-state index contributed by atoms with van der Waals surface area (Å²) < 4.78 is 29.0. The SMILES string of the molecule is C.C=C.C=C.F.FB(F)F. The Hall–Kier alpha value is -0.735. The van der Waals surface area contributed by atoms with E-state index in [9.17, 15) is 12.9 Å². The summed E-state index contributed by atoms with van der Waals surface area (Å²) in [5.41, 5.74) is 0. The van der Waals surface area contributed by atoms with Gasteiger partial charge < -0.3 is 0 Å². The maximum absolute atomic E-state index is 9.67. The van der Waals surface area contributed by atoms with Gasteiger partial charge in [-0.05, 0) is 0 Å². The van der Waals surface area contributed by atoms with E-state index in [1.54, 1.807) is 0 Å². The van der Waals surface area contributed by atoms with Crippen molar-refractivity contribution in [1.82, 2.24) is 0 Å². The van der Waals surface area contributed by atoms with Crippen LogP contribution in [0, 0.1) is 0 Å². The molecule has 0 bridgehead atoms. The summed E-state index contributed by atoms with van der Waals surface area (Å²) in [7, 11) is -3.67. The largest absolute Gasteiger partial charge is 0.762 e. The van der Waals surface area contributed by atoms with Gasteiger partial charge in [0.05, 0.1) is 0 Å². The zero-order valence-electron chi connectivity index (χ0n) is 4.95. The summed E-state index contributed by atoms with van der Waals surface area (Å²) in [6.07, 6.45) is 0. The van der Waals surface area contributed by atoms with Gasteiger partial charge in [-0.15, -0.1) is 26.3 Å². The second-order valence-corrected chi connectivity index (χ2v) is 0.247. The summed E-state index contributed by atoms with van der Waals surface area (Å²) in [6, 6.07) is 0. The van der Waals surface area contributed by atoms with Crippen LogP contribution in [-0.2, 0) is 0 Å². The molecule has 0 saturated carbocycles. The van der Waals surface area contributed by atoms with Crippen LogP contribution < -0.4 is 0 Å². The molecule has 0 aliphatic heterocycles. The lowest BCUT2D eigenvalue weighted by Crippen LogP contribution is -1.76. The van der Waals surface area contributed by atoms with Crippen molar-refractivity contribution in [1.29, 1.82) is 0 Å². The van der Waals surface area contributed by atoms with E-state index in [1.807, 2.05) is 0 Å². The number of hydrogen-bond donors (Lipinski definition) is 0. The zero-order valence-corrected chi connectivity index (χ0v) is 4.95. The number of rotatable bonds is 0. The van der Waals surface area contributed by atoms with E-state index in [2.05, 4.69) is 26.3 Å². The highest BCUT2D eigenvalue weighted by molar-refractivity contribution is 6.33. The second kappa shape index (κ2) is 85.0. The Morgan fingerprint density at radius 2 is 0.800 bits per heavy atom. The third-order valence-corrected chi connectivity index (χ3v) is 0. The Kier molecular flexibility index (Phi) is 296. The molecule has 0 unspecified atom stereocenters. The summed E-state index contributed by atoms with van der Waals surface area (Å²) in [5.74, 6) is 0. The Balaban J connectivity index is -0.0000000125. The summed E-state index contributed by atoms with van der Waals surface area (Å²) in [6.45, 7) is 12.0. The van der Waals surface area contributed by atoms with Gasteiger partial charge in [-0.25, -0.2) is 0 Å². The number of halogens is 4. The maximum atomic E-state index is 9.67. The molecule has 0 rings (SSSR count). The highest BCUT2D eigenvalue weighted by Crippen LogP contribution is 1.80. The van der Waals surface area contributed by atoms with Crippen LogP contribution in [0.25, 0.3) is 0 Å². The highest BCUT2D eigenvalue weighted by Gasteiger charge is 2.06. The second-order valence-electron chi connectivity index (χ2n) is 0.247. The molecule has 10 heavy (non-hydrogen) atoms. The predicted octanol–water partition coefficient (Wildman–Crippen LogP) is 3.27. The van der Waals surface area contributed by atoms with Crippen molar-refractivity contribution in [2.24, 2.45) is 0 Å². The minimum atomic E-state index is -3.67. The molecular weight excluding hydrogens is 147 g/mol. The Morgan fingerprint density at radius 3 is 0.800 bits per heavy atom. The van der Waals surface area contributed by atoms with E-state index < -0.39 is 7.54 Å². The first-order valence-corrected chi connectivity index (χ1v) is 1.65. The van der Waals surface area contributed by atoms with E-state index >= 15 is 0 Å². The average molecular weight is 160 g/mol. The summed E-state index contributed by atoms with van der Waals surface area (Å²) in [5, 5.41) is 0. The molecular formula is C5H13BF4. The van der Waals surface area contributed by atoms with Crippen LogP contribution in [0.1, 0.15) is 7.43 Å². The standard InChI is InChI=1S/2C2H4.CH4.BF3.FH/c2*1-2;;2-1(3)4;/h2*1-2H2;1H4;;1H. The van der Waals surface area contributed by atoms with E-state index in [-0.39, 0.29) is 12.1 Å².